The second-order valence-corrected chi connectivity index (χ2v) is 3.91. The maximum atomic E-state index is 13.3. The Kier molecular flexibility index (Phi) is 4.04. The Labute approximate surface area is 91.5 Å². The lowest BCUT2D eigenvalue weighted by Gasteiger charge is -2.12. The van der Waals surface area contributed by atoms with Gasteiger partial charge in [0.25, 0.3) is 0 Å². The van der Waals surface area contributed by atoms with Gasteiger partial charge in [0, 0.05) is 6.54 Å². The van der Waals surface area contributed by atoms with Crippen molar-refractivity contribution in [1.82, 2.24) is 5.48 Å². The van der Waals surface area contributed by atoms with E-state index in [0.29, 0.717) is 11.0 Å². The van der Waals surface area contributed by atoms with E-state index >= 15 is 0 Å². The smallest absolute Gasteiger partial charge is 0.137 e. The summed E-state index contributed by atoms with van der Waals surface area (Å²) in [4.78, 5) is 4.74. The summed E-state index contributed by atoms with van der Waals surface area (Å²) < 4.78 is 13.8. The first-order valence-corrected chi connectivity index (χ1v) is 5.07. The molecule has 0 amide bonds. The average Bonchev–Trinajstić information content (AvgIpc) is 2.15. The Morgan fingerprint density at radius 3 is 2.71 bits per heavy atom. The molecule has 0 saturated carbocycles. The molecule has 0 aliphatic heterocycles. The van der Waals surface area contributed by atoms with Crippen LogP contribution in [0.4, 0.5) is 4.39 Å². The van der Waals surface area contributed by atoms with E-state index in [1.807, 2.05) is 13.8 Å². The molecular weight excluding hydrogens is 249 g/mol. The first-order chi connectivity index (χ1) is 6.57. The van der Waals surface area contributed by atoms with Crippen molar-refractivity contribution >= 4 is 15.9 Å². The summed E-state index contributed by atoms with van der Waals surface area (Å²) >= 11 is 3.22. The van der Waals surface area contributed by atoms with Gasteiger partial charge in [-0.2, -0.15) is 5.48 Å². The van der Waals surface area contributed by atoms with E-state index in [0.717, 1.165) is 16.7 Å². The van der Waals surface area contributed by atoms with E-state index in [1.165, 1.54) is 13.2 Å². The van der Waals surface area contributed by atoms with Gasteiger partial charge in [-0.15, -0.1) is 0 Å². The van der Waals surface area contributed by atoms with Gasteiger partial charge in [-0.3, -0.25) is 0 Å². The first-order valence-electron chi connectivity index (χ1n) is 4.27. The number of hydrogen-bond acceptors (Lipinski definition) is 2. The molecule has 1 N–H and O–H groups in total. The maximum absolute atomic E-state index is 13.3. The van der Waals surface area contributed by atoms with Crippen molar-refractivity contribution in [3.63, 3.8) is 0 Å². The highest BCUT2D eigenvalue weighted by molar-refractivity contribution is 9.10. The van der Waals surface area contributed by atoms with Crippen molar-refractivity contribution in [3.05, 3.63) is 33.0 Å². The zero-order chi connectivity index (χ0) is 10.7. The fraction of sp³-hybridized carbons (Fsp3) is 0.400. The molecule has 1 rings (SSSR count). The third kappa shape index (κ3) is 2.32. The van der Waals surface area contributed by atoms with Crippen molar-refractivity contribution in [2.45, 2.75) is 20.4 Å². The van der Waals surface area contributed by atoms with Crippen LogP contribution in [0, 0.1) is 19.7 Å². The molecule has 4 heteroatoms. The highest BCUT2D eigenvalue weighted by Gasteiger charge is 2.11. The van der Waals surface area contributed by atoms with Gasteiger partial charge >= 0.3 is 0 Å². The van der Waals surface area contributed by atoms with Crippen LogP contribution in [0.2, 0.25) is 0 Å². The Bertz CT molecular complexity index is 315. The number of aryl methyl sites for hydroxylation is 1. The van der Waals surface area contributed by atoms with E-state index < -0.39 is 0 Å². The number of halogens is 2. The molecule has 0 heterocycles. The molecule has 78 valence electrons. The fourth-order valence-electron chi connectivity index (χ4n) is 1.26. The summed E-state index contributed by atoms with van der Waals surface area (Å²) in [5, 5.41) is 0. The number of hydroxylamine groups is 1. The summed E-state index contributed by atoms with van der Waals surface area (Å²) in [7, 11) is 1.54. The largest absolute Gasteiger partial charge is 0.305 e. The molecule has 2 nitrogen and oxygen atoms in total. The first kappa shape index (κ1) is 11.6. The van der Waals surface area contributed by atoms with Gasteiger partial charge in [0.1, 0.15) is 5.82 Å². The second kappa shape index (κ2) is 4.87. The van der Waals surface area contributed by atoms with Crippen molar-refractivity contribution in [1.29, 1.82) is 0 Å². The maximum Gasteiger partial charge on any atom is 0.137 e. The minimum atomic E-state index is -0.235. The predicted octanol–water partition coefficient (Wildman–Crippen LogP) is 2.86. The lowest BCUT2D eigenvalue weighted by Crippen LogP contribution is -2.13. The number of rotatable bonds is 3. The summed E-state index contributed by atoms with van der Waals surface area (Å²) in [6.45, 7) is 4.34. The summed E-state index contributed by atoms with van der Waals surface area (Å²) in [5.41, 5.74) is 5.61. The van der Waals surface area contributed by atoms with Gasteiger partial charge in [0.15, 0.2) is 0 Å². The van der Waals surface area contributed by atoms with Gasteiger partial charge in [-0.05, 0) is 52.5 Å². The van der Waals surface area contributed by atoms with E-state index in [1.54, 1.807) is 0 Å². The van der Waals surface area contributed by atoms with Gasteiger partial charge in [0.05, 0.1) is 11.6 Å². The summed E-state index contributed by atoms with van der Waals surface area (Å²) in [6.07, 6.45) is 0. The van der Waals surface area contributed by atoms with Crippen LogP contribution in [0.3, 0.4) is 0 Å². The molecule has 0 bridgehead atoms. The molecule has 0 atom stereocenters. The zero-order valence-corrected chi connectivity index (χ0v) is 10.0. The second-order valence-electron chi connectivity index (χ2n) is 3.12. The van der Waals surface area contributed by atoms with Gasteiger partial charge in [-0.1, -0.05) is 0 Å². The van der Waals surface area contributed by atoms with Crippen molar-refractivity contribution in [2.75, 3.05) is 7.11 Å². The van der Waals surface area contributed by atoms with Crippen LogP contribution < -0.4 is 5.48 Å². The molecule has 0 aliphatic carbocycles. The summed E-state index contributed by atoms with van der Waals surface area (Å²) in [5.74, 6) is -0.235. The molecule has 0 unspecified atom stereocenters. The normalized spacial score (nSPS) is 10.6. The van der Waals surface area contributed by atoms with Crippen molar-refractivity contribution in [2.24, 2.45) is 0 Å². The van der Waals surface area contributed by atoms with Crippen LogP contribution in [0.1, 0.15) is 16.7 Å². The van der Waals surface area contributed by atoms with Crippen LogP contribution >= 0.6 is 15.9 Å². The Morgan fingerprint density at radius 1 is 1.50 bits per heavy atom. The quantitative estimate of drug-likeness (QED) is 0.846. The van der Waals surface area contributed by atoms with Gasteiger partial charge in [0.2, 0.25) is 0 Å². The Morgan fingerprint density at radius 2 is 2.14 bits per heavy atom. The van der Waals surface area contributed by atoms with Crippen LogP contribution in [-0.2, 0) is 11.4 Å². The molecule has 0 spiro atoms. The SMILES string of the molecule is CONCc1c(C)c(C)cc(F)c1Br. The third-order valence-electron chi connectivity index (χ3n) is 2.26. The highest BCUT2D eigenvalue weighted by atomic mass is 79.9. The molecule has 0 aliphatic rings. The van der Waals surface area contributed by atoms with Crippen molar-refractivity contribution in [3.8, 4) is 0 Å². The number of benzene rings is 1. The molecule has 0 radical (unpaired) electrons. The molecular formula is C10H13BrFNO. The number of nitrogens with one attached hydrogen (secondary N) is 1. The molecule has 0 aromatic heterocycles. The Hall–Kier alpha value is -0.450. The lowest BCUT2D eigenvalue weighted by atomic mass is 10.0. The zero-order valence-electron chi connectivity index (χ0n) is 8.45. The topological polar surface area (TPSA) is 21.3 Å². The van der Waals surface area contributed by atoms with Crippen LogP contribution in [0.15, 0.2) is 10.5 Å². The lowest BCUT2D eigenvalue weighted by molar-refractivity contribution is 0.0863. The summed E-state index contributed by atoms with van der Waals surface area (Å²) in [6, 6.07) is 1.52. The van der Waals surface area contributed by atoms with Crippen LogP contribution in [0.5, 0.6) is 0 Å². The highest BCUT2D eigenvalue weighted by Crippen LogP contribution is 2.26. The molecule has 14 heavy (non-hydrogen) atoms. The molecule has 1 aromatic rings. The van der Waals surface area contributed by atoms with Crippen molar-refractivity contribution < 1.29 is 9.23 Å². The third-order valence-corrected chi connectivity index (χ3v) is 3.11. The average molecular weight is 262 g/mol. The Balaban J connectivity index is 3.11. The number of hydrogen-bond donors (Lipinski definition) is 1. The van der Waals surface area contributed by atoms with E-state index in [9.17, 15) is 4.39 Å². The van der Waals surface area contributed by atoms with E-state index in [4.69, 9.17) is 4.84 Å². The molecule has 1 aromatic carbocycles. The monoisotopic (exact) mass is 261 g/mol. The fourth-order valence-corrected chi connectivity index (χ4v) is 1.82. The van der Waals surface area contributed by atoms with E-state index in [2.05, 4.69) is 21.4 Å². The minimum absolute atomic E-state index is 0.235. The van der Waals surface area contributed by atoms with Crippen LogP contribution in [0.25, 0.3) is 0 Å². The minimum Gasteiger partial charge on any atom is -0.305 e. The van der Waals surface area contributed by atoms with Gasteiger partial charge < -0.3 is 4.84 Å². The van der Waals surface area contributed by atoms with Gasteiger partial charge in [-0.25, -0.2) is 4.39 Å². The molecule has 0 fully saturated rings. The predicted molar refractivity (Wildman–Crippen MR) is 57.4 cm³/mol. The van der Waals surface area contributed by atoms with E-state index in [-0.39, 0.29) is 5.82 Å². The standard InChI is InChI=1S/C10H13BrFNO/c1-6-4-9(12)10(11)8(7(6)2)5-13-14-3/h4,13H,5H2,1-3H3. The van der Waals surface area contributed by atoms with Crippen LogP contribution in [-0.4, -0.2) is 7.11 Å². The molecule has 0 saturated heterocycles.